The molecule has 0 fully saturated rings. The highest BCUT2D eigenvalue weighted by Gasteiger charge is 2.29. The van der Waals surface area contributed by atoms with Gasteiger partial charge in [0.1, 0.15) is 0 Å². The highest BCUT2D eigenvalue weighted by molar-refractivity contribution is 6.76. The monoisotopic (exact) mass is 287 g/mol. The average Bonchev–Trinajstić information content (AvgIpc) is 2.43. The molecule has 1 heterocycles. The quantitative estimate of drug-likeness (QED) is 0.571. The zero-order chi connectivity index (χ0) is 14.8. The van der Waals surface area contributed by atoms with Crippen LogP contribution in [0, 0.1) is 0 Å². The summed E-state index contributed by atoms with van der Waals surface area (Å²) >= 11 is 0. The molecule has 0 aromatic heterocycles. The van der Waals surface area contributed by atoms with Crippen molar-refractivity contribution in [2.45, 2.75) is 63.8 Å². The van der Waals surface area contributed by atoms with Gasteiger partial charge in [-0.05, 0) is 50.3 Å². The van der Waals surface area contributed by atoms with Crippen molar-refractivity contribution in [3.8, 4) is 0 Å². The lowest BCUT2D eigenvalue weighted by molar-refractivity contribution is 0.460. The van der Waals surface area contributed by atoms with E-state index in [2.05, 4.69) is 62.7 Å². The Labute approximate surface area is 125 Å². The third-order valence-corrected chi connectivity index (χ3v) is 5.61. The summed E-state index contributed by atoms with van der Waals surface area (Å²) in [7, 11) is -1.05. The van der Waals surface area contributed by atoms with Gasteiger partial charge in [-0.1, -0.05) is 43.4 Å². The van der Waals surface area contributed by atoms with Gasteiger partial charge >= 0.3 is 0 Å². The van der Waals surface area contributed by atoms with E-state index in [9.17, 15) is 0 Å². The number of rotatable bonds is 4. The van der Waals surface area contributed by atoms with Crippen LogP contribution in [-0.2, 0) is 6.42 Å². The van der Waals surface area contributed by atoms with E-state index in [0.29, 0.717) is 0 Å². The van der Waals surface area contributed by atoms with E-state index < -0.39 is 8.07 Å². The molecule has 1 aromatic rings. The summed E-state index contributed by atoms with van der Waals surface area (Å²) in [4.78, 5) is 0. The van der Waals surface area contributed by atoms with Crippen LogP contribution in [0.5, 0.6) is 0 Å². The van der Waals surface area contributed by atoms with E-state index in [4.69, 9.17) is 0 Å². The lowest BCUT2D eigenvalue weighted by Gasteiger charge is -2.33. The van der Waals surface area contributed by atoms with Crippen LogP contribution >= 0.6 is 0 Å². The van der Waals surface area contributed by atoms with Crippen LogP contribution < -0.4 is 5.32 Å². The average molecular weight is 288 g/mol. The molecule has 1 N–H and O–H groups in total. The van der Waals surface area contributed by atoms with Gasteiger partial charge in [-0.25, -0.2) is 0 Å². The van der Waals surface area contributed by atoms with Crippen molar-refractivity contribution in [1.82, 2.24) is 0 Å². The zero-order valence-electron chi connectivity index (χ0n) is 13.6. The maximum Gasteiger partial charge on any atom is 0.0483 e. The molecule has 2 heteroatoms. The van der Waals surface area contributed by atoms with Gasteiger partial charge in [0, 0.05) is 19.3 Å². The number of benzene rings is 1. The summed E-state index contributed by atoms with van der Waals surface area (Å²) in [6.07, 6.45) is 4.79. The molecule has 0 saturated heterocycles. The Morgan fingerprint density at radius 2 is 2.00 bits per heavy atom. The van der Waals surface area contributed by atoms with Gasteiger partial charge in [0.15, 0.2) is 0 Å². The molecule has 0 spiro atoms. The highest BCUT2D eigenvalue weighted by Crippen LogP contribution is 2.34. The largest absolute Gasteiger partial charge is 0.379 e. The first-order valence-corrected chi connectivity index (χ1v) is 11.5. The first kappa shape index (κ1) is 15.4. The van der Waals surface area contributed by atoms with Gasteiger partial charge in [-0.3, -0.25) is 0 Å². The Morgan fingerprint density at radius 1 is 1.30 bits per heavy atom. The SMILES string of the molecule is C=C(CC1(C)CCCc2ccccc2N1)C[Si](C)(C)C. The summed E-state index contributed by atoms with van der Waals surface area (Å²) in [5, 5.41) is 3.81. The third-order valence-electron chi connectivity index (χ3n) is 4.05. The fourth-order valence-corrected chi connectivity index (χ4v) is 5.04. The molecule has 0 saturated carbocycles. The number of nitrogens with one attached hydrogen (secondary N) is 1. The summed E-state index contributed by atoms with van der Waals surface area (Å²) in [5.74, 6) is 0. The van der Waals surface area contributed by atoms with Crippen molar-refractivity contribution in [3.63, 3.8) is 0 Å². The first-order chi connectivity index (χ1) is 9.27. The normalized spacial score (nSPS) is 22.6. The maximum atomic E-state index is 4.36. The molecule has 0 radical (unpaired) electrons. The summed E-state index contributed by atoms with van der Waals surface area (Å²) < 4.78 is 0. The number of aryl methyl sites for hydroxylation is 1. The van der Waals surface area contributed by atoms with E-state index in [1.165, 1.54) is 42.1 Å². The Bertz CT molecular complexity index is 486. The smallest absolute Gasteiger partial charge is 0.0483 e. The van der Waals surface area contributed by atoms with Crippen LogP contribution in [0.25, 0.3) is 0 Å². The zero-order valence-corrected chi connectivity index (χ0v) is 14.6. The molecule has 0 amide bonds. The Hall–Kier alpha value is -1.02. The Morgan fingerprint density at radius 3 is 2.70 bits per heavy atom. The molecule has 1 atom stereocenters. The molecule has 1 aliphatic rings. The second-order valence-electron chi connectivity index (χ2n) is 7.86. The van der Waals surface area contributed by atoms with Gasteiger partial charge in [0.25, 0.3) is 0 Å². The number of anilines is 1. The predicted molar refractivity (Wildman–Crippen MR) is 93.3 cm³/mol. The van der Waals surface area contributed by atoms with Crippen molar-refractivity contribution < 1.29 is 0 Å². The summed E-state index contributed by atoms with van der Waals surface area (Å²) in [5.41, 5.74) is 4.39. The molecule has 1 nitrogen and oxygen atoms in total. The first-order valence-electron chi connectivity index (χ1n) is 7.80. The Kier molecular flexibility index (Phi) is 4.43. The second-order valence-corrected chi connectivity index (χ2v) is 13.3. The number of hydrogen-bond acceptors (Lipinski definition) is 1. The van der Waals surface area contributed by atoms with Crippen LogP contribution in [0.2, 0.25) is 25.7 Å². The number of hydrogen-bond donors (Lipinski definition) is 1. The Balaban J connectivity index is 2.09. The predicted octanol–water partition coefficient (Wildman–Crippen LogP) is 5.48. The van der Waals surface area contributed by atoms with Crippen molar-refractivity contribution >= 4 is 13.8 Å². The lowest BCUT2D eigenvalue weighted by Crippen LogP contribution is -2.35. The van der Waals surface area contributed by atoms with Gasteiger partial charge in [-0.15, -0.1) is 6.58 Å². The van der Waals surface area contributed by atoms with E-state index in [1.54, 1.807) is 0 Å². The topological polar surface area (TPSA) is 12.0 Å². The van der Waals surface area contributed by atoms with Gasteiger partial charge in [0.05, 0.1) is 0 Å². The molecule has 110 valence electrons. The van der Waals surface area contributed by atoms with Crippen LogP contribution in [0.3, 0.4) is 0 Å². The fourth-order valence-electron chi connectivity index (χ4n) is 3.41. The molecule has 2 rings (SSSR count). The van der Waals surface area contributed by atoms with Crippen molar-refractivity contribution in [2.24, 2.45) is 0 Å². The van der Waals surface area contributed by atoms with Crippen molar-refractivity contribution in [2.75, 3.05) is 5.32 Å². The molecule has 0 bridgehead atoms. The van der Waals surface area contributed by atoms with Crippen molar-refractivity contribution in [1.29, 1.82) is 0 Å². The van der Waals surface area contributed by atoms with Gasteiger partial charge in [-0.2, -0.15) is 0 Å². The molecular formula is C18H29NSi. The maximum absolute atomic E-state index is 4.36. The molecule has 1 aliphatic heterocycles. The van der Waals surface area contributed by atoms with Crippen LogP contribution in [0.15, 0.2) is 36.4 Å². The lowest BCUT2D eigenvalue weighted by atomic mass is 9.89. The number of fused-ring (bicyclic) bond motifs is 1. The van der Waals surface area contributed by atoms with Crippen LogP contribution in [0.4, 0.5) is 5.69 Å². The van der Waals surface area contributed by atoms with Crippen LogP contribution in [0.1, 0.15) is 31.7 Å². The molecule has 20 heavy (non-hydrogen) atoms. The van der Waals surface area contributed by atoms with Gasteiger partial charge in [0.2, 0.25) is 0 Å². The third kappa shape index (κ3) is 4.24. The highest BCUT2D eigenvalue weighted by atomic mass is 28.3. The van der Waals surface area contributed by atoms with Gasteiger partial charge < -0.3 is 5.32 Å². The summed E-state index contributed by atoms with van der Waals surface area (Å²) in [6, 6.07) is 10.00. The minimum Gasteiger partial charge on any atom is -0.379 e. The van der Waals surface area contributed by atoms with E-state index in [0.717, 1.165) is 6.42 Å². The molecule has 1 unspecified atom stereocenters. The minimum atomic E-state index is -1.05. The molecule has 1 aromatic carbocycles. The van der Waals surface area contributed by atoms with Crippen molar-refractivity contribution in [3.05, 3.63) is 42.0 Å². The standard InChI is InChI=1S/C18H29NSi/c1-15(14-20(3,4)5)13-18(2)12-8-10-16-9-6-7-11-17(16)19-18/h6-7,9,11,19H,1,8,10,12-14H2,2-5H3. The number of para-hydroxylation sites is 1. The minimum absolute atomic E-state index is 0.170. The molecular weight excluding hydrogens is 258 g/mol. The van der Waals surface area contributed by atoms with E-state index in [-0.39, 0.29) is 5.54 Å². The molecule has 0 aliphatic carbocycles. The van der Waals surface area contributed by atoms with Crippen LogP contribution in [-0.4, -0.2) is 13.6 Å². The van der Waals surface area contributed by atoms with E-state index in [1.807, 2.05) is 0 Å². The second kappa shape index (κ2) is 5.77. The summed E-state index contributed by atoms with van der Waals surface area (Å²) in [6.45, 7) is 14.0. The van der Waals surface area contributed by atoms with E-state index >= 15 is 0 Å². The fraction of sp³-hybridized carbons (Fsp3) is 0.556.